The Labute approximate surface area is 94.7 Å². The quantitative estimate of drug-likeness (QED) is 0.764. The fourth-order valence-electron chi connectivity index (χ4n) is 2.48. The second kappa shape index (κ2) is 3.34. The first kappa shape index (κ1) is 9.87. The molecule has 1 aliphatic rings. The molecule has 2 N–H and O–H groups in total. The van der Waals surface area contributed by atoms with Crippen LogP contribution in [0.3, 0.4) is 0 Å². The summed E-state index contributed by atoms with van der Waals surface area (Å²) in [5, 5.41) is 14.8. The summed E-state index contributed by atoms with van der Waals surface area (Å²) in [4.78, 5) is 0. The van der Waals surface area contributed by atoms with E-state index >= 15 is 0 Å². The number of aliphatic hydroxyl groups is 1. The molecule has 84 valence electrons. The Morgan fingerprint density at radius 2 is 2.25 bits per heavy atom. The Morgan fingerprint density at radius 1 is 1.38 bits per heavy atom. The zero-order valence-electron chi connectivity index (χ0n) is 9.40. The maximum Gasteiger partial charge on any atom is 0.199 e. The normalized spacial score (nSPS) is 25.4. The van der Waals surface area contributed by atoms with Crippen molar-refractivity contribution in [1.29, 1.82) is 0 Å². The molecule has 3 nitrogen and oxygen atoms in total. The van der Waals surface area contributed by atoms with Crippen molar-refractivity contribution in [3.05, 3.63) is 36.0 Å². The molecular weight excluding hydrogens is 200 g/mol. The van der Waals surface area contributed by atoms with Gasteiger partial charge in [0.2, 0.25) is 0 Å². The first-order chi connectivity index (χ1) is 7.69. The summed E-state index contributed by atoms with van der Waals surface area (Å²) < 4.78 is 1.95. The van der Waals surface area contributed by atoms with Crippen LogP contribution in [0.5, 0.6) is 0 Å². The van der Waals surface area contributed by atoms with Gasteiger partial charge in [0, 0.05) is 12.6 Å². The summed E-state index contributed by atoms with van der Waals surface area (Å²) in [6.45, 7) is 2.95. The molecule has 1 atom stereocenters. The van der Waals surface area contributed by atoms with Gasteiger partial charge >= 0.3 is 0 Å². The van der Waals surface area contributed by atoms with Crippen molar-refractivity contribution >= 4 is 10.9 Å². The van der Waals surface area contributed by atoms with Crippen molar-refractivity contribution < 1.29 is 5.11 Å². The molecule has 1 aliphatic heterocycles. The van der Waals surface area contributed by atoms with Gasteiger partial charge in [-0.2, -0.15) is 0 Å². The van der Waals surface area contributed by atoms with Crippen LogP contribution in [0.25, 0.3) is 10.9 Å². The van der Waals surface area contributed by atoms with Crippen LogP contribution in [0, 0.1) is 6.92 Å². The highest BCUT2D eigenvalue weighted by molar-refractivity contribution is 5.81. The van der Waals surface area contributed by atoms with E-state index in [1.807, 2.05) is 16.8 Å². The van der Waals surface area contributed by atoms with Crippen LogP contribution in [0.4, 0.5) is 0 Å². The maximum atomic E-state index is 10.5. The number of aryl methyl sites for hydroxylation is 1. The Bertz CT molecular complexity index is 524. The molecule has 1 saturated heterocycles. The molecule has 0 bridgehead atoms. The summed E-state index contributed by atoms with van der Waals surface area (Å²) in [6.07, 6.45) is 3.75. The van der Waals surface area contributed by atoms with E-state index in [0.717, 1.165) is 24.9 Å². The predicted molar refractivity (Wildman–Crippen MR) is 64.1 cm³/mol. The van der Waals surface area contributed by atoms with Crippen LogP contribution in [0.1, 0.15) is 18.4 Å². The van der Waals surface area contributed by atoms with Gasteiger partial charge in [-0.1, -0.05) is 12.1 Å². The molecule has 2 heterocycles. The van der Waals surface area contributed by atoms with Crippen molar-refractivity contribution in [3.8, 4) is 0 Å². The number of benzene rings is 1. The molecule has 1 aromatic heterocycles. The van der Waals surface area contributed by atoms with E-state index in [9.17, 15) is 5.11 Å². The van der Waals surface area contributed by atoms with Crippen LogP contribution in [-0.4, -0.2) is 16.2 Å². The van der Waals surface area contributed by atoms with Crippen molar-refractivity contribution in [1.82, 2.24) is 9.88 Å². The fourth-order valence-corrected chi connectivity index (χ4v) is 2.48. The average molecular weight is 216 g/mol. The van der Waals surface area contributed by atoms with Gasteiger partial charge in [-0.15, -0.1) is 0 Å². The van der Waals surface area contributed by atoms with Gasteiger partial charge in [0.25, 0.3) is 0 Å². The van der Waals surface area contributed by atoms with Gasteiger partial charge in [-0.3, -0.25) is 5.32 Å². The molecule has 1 fully saturated rings. The van der Waals surface area contributed by atoms with Gasteiger partial charge in [0.15, 0.2) is 5.85 Å². The standard InChI is InChI=1S/C13H16N2O/c1-10-3-4-11-5-8-15(12(11)9-10)13(16)6-2-7-14-13/h3-5,8-9,14,16H,2,6-7H2,1H3. The molecule has 1 aromatic carbocycles. The van der Waals surface area contributed by atoms with Crippen molar-refractivity contribution in [2.75, 3.05) is 6.54 Å². The molecule has 1 unspecified atom stereocenters. The van der Waals surface area contributed by atoms with Crippen LogP contribution >= 0.6 is 0 Å². The van der Waals surface area contributed by atoms with E-state index in [0.29, 0.717) is 0 Å². The zero-order valence-corrected chi connectivity index (χ0v) is 9.40. The van der Waals surface area contributed by atoms with Gasteiger partial charge in [-0.25, -0.2) is 0 Å². The van der Waals surface area contributed by atoms with Crippen molar-refractivity contribution in [2.45, 2.75) is 25.6 Å². The molecule has 16 heavy (non-hydrogen) atoms. The predicted octanol–water partition coefficient (Wildman–Crippen LogP) is 1.94. The highest BCUT2D eigenvalue weighted by Crippen LogP contribution is 2.28. The number of nitrogens with zero attached hydrogens (tertiary/aromatic N) is 1. The average Bonchev–Trinajstić information content (AvgIpc) is 2.84. The van der Waals surface area contributed by atoms with E-state index < -0.39 is 5.85 Å². The molecule has 0 spiro atoms. The number of hydrogen-bond acceptors (Lipinski definition) is 2. The molecule has 3 heteroatoms. The lowest BCUT2D eigenvalue weighted by Gasteiger charge is -2.26. The minimum atomic E-state index is -0.893. The van der Waals surface area contributed by atoms with Crippen LogP contribution in [0.2, 0.25) is 0 Å². The Hall–Kier alpha value is -1.32. The maximum absolute atomic E-state index is 10.5. The van der Waals surface area contributed by atoms with Crippen LogP contribution in [0.15, 0.2) is 30.5 Å². The van der Waals surface area contributed by atoms with Crippen molar-refractivity contribution in [2.24, 2.45) is 0 Å². The van der Waals surface area contributed by atoms with Crippen LogP contribution in [-0.2, 0) is 5.85 Å². The molecule has 0 amide bonds. The second-order valence-corrected chi connectivity index (χ2v) is 4.59. The highest BCUT2D eigenvalue weighted by Gasteiger charge is 2.32. The van der Waals surface area contributed by atoms with Gasteiger partial charge < -0.3 is 9.67 Å². The summed E-state index contributed by atoms with van der Waals surface area (Å²) in [6, 6.07) is 8.36. The number of fused-ring (bicyclic) bond motifs is 1. The minimum Gasteiger partial charge on any atom is -0.358 e. The molecule has 0 radical (unpaired) electrons. The van der Waals surface area contributed by atoms with E-state index in [-0.39, 0.29) is 0 Å². The van der Waals surface area contributed by atoms with Gasteiger partial charge in [0.1, 0.15) is 0 Å². The van der Waals surface area contributed by atoms with Gasteiger partial charge in [-0.05, 0) is 43.0 Å². The Morgan fingerprint density at radius 3 is 3.00 bits per heavy atom. The van der Waals surface area contributed by atoms with Gasteiger partial charge in [0.05, 0.1) is 5.52 Å². The topological polar surface area (TPSA) is 37.2 Å². The largest absolute Gasteiger partial charge is 0.358 e. The van der Waals surface area contributed by atoms with E-state index in [1.54, 1.807) is 0 Å². The van der Waals surface area contributed by atoms with Crippen LogP contribution < -0.4 is 5.32 Å². The molecule has 0 aliphatic carbocycles. The first-order valence-corrected chi connectivity index (χ1v) is 5.75. The molecule has 3 rings (SSSR count). The third kappa shape index (κ3) is 1.36. The lowest BCUT2D eigenvalue weighted by atomic mass is 10.2. The lowest BCUT2D eigenvalue weighted by molar-refractivity contribution is -0.0489. The number of aromatic nitrogens is 1. The Kier molecular flexibility index (Phi) is 2.06. The molecule has 2 aromatic rings. The number of rotatable bonds is 1. The Balaban J connectivity index is 2.19. The number of nitrogens with one attached hydrogen (secondary N) is 1. The van der Waals surface area contributed by atoms with E-state index in [2.05, 4.69) is 30.4 Å². The van der Waals surface area contributed by atoms with E-state index in [1.165, 1.54) is 10.9 Å². The highest BCUT2D eigenvalue weighted by atomic mass is 16.3. The molecule has 0 saturated carbocycles. The third-order valence-electron chi connectivity index (χ3n) is 3.36. The zero-order chi connectivity index (χ0) is 11.2. The lowest BCUT2D eigenvalue weighted by Crippen LogP contribution is -2.42. The molecular formula is C13H16N2O. The minimum absolute atomic E-state index is 0.769. The summed E-state index contributed by atoms with van der Waals surface area (Å²) in [5.41, 5.74) is 2.31. The first-order valence-electron chi connectivity index (χ1n) is 5.75. The monoisotopic (exact) mass is 216 g/mol. The second-order valence-electron chi connectivity index (χ2n) is 4.59. The smallest absolute Gasteiger partial charge is 0.199 e. The summed E-state index contributed by atoms with van der Waals surface area (Å²) in [7, 11) is 0. The van der Waals surface area contributed by atoms with E-state index in [4.69, 9.17) is 0 Å². The SMILES string of the molecule is Cc1ccc2ccn(C3(O)CCCN3)c2c1. The fraction of sp³-hybridized carbons (Fsp3) is 0.385. The summed E-state index contributed by atoms with van der Waals surface area (Å²) in [5.74, 6) is -0.893. The third-order valence-corrected chi connectivity index (χ3v) is 3.36. The summed E-state index contributed by atoms with van der Waals surface area (Å²) >= 11 is 0. The van der Waals surface area contributed by atoms with Crippen molar-refractivity contribution in [3.63, 3.8) is 0 Å². The number of hydrogen-bond donors (Lipinski definition) is 2.